The molecule has 16 nitrogen and oxygen atoms in total. The van der Waals surface area contributed by atoms with E-state index in [2.05, 4.69) is 86.3 Å². The standard InChI is InChI=1S/C14H20BrNO2S.C14H21NO3S.C14H21NO2S.C10H17NO3.C4H3BrS.C2H4Cl2.C2H3N.BHNS/c1-14(2,3)18-13(17)16-8-6-10(7-9-16)11-4-5-12(15)19-11;1-13(2,3)18-12(16)15-8-6-14(17,7-9-15)11-5-4-10-19-11;1-14(2,3)17-13(16)15-8-6-11(7-9-15)12-5-4-10-18-12;1-10(2,3)14-9(13)11-6-4-8(12)5-7-11;5-4-2-1-3-6-4;3-1-2-4;2*1-2-3/h4-5,10H,6-9H2,1-3H3;4-5,10,17H,6-9H2,1-3H3;4-5,10-11H,6-9H2,1-3H3;4-7H2,1-3H3;1-3H;1-2H2;1H3;3H. The van der Waals surface area contributed by atoms with Crippen LogP contribution < -0.4 is 0 Å². The zero-order chi connectivity index (χ0) is 65.3. The normalized spacial score (nSPS) is 16.0. The van der Waals surface area contributed by atoms with Crippen LogP contribution in [0.2, 0.25) is 0 Å². The van der Waals surface area contributed by atoms with E-state index in [1.807, 2.05) is 139 Å². The van der Waals surface area contributed by atoms with Crippen molar-refractivity contribution in [2.75, 3.05) is 64.1 Å². The maximum atomic E-state index is 12.0. The minimum atomic E-state index is -0.785. The fourth-order valence-corrected chi connectivity index (χ4v) is 12.4. The van der Waals surface area contributed by atoms with Crippen LogP contribution in [0.1, 0.15) is 168 Å². The van der Waals surface area contributed by atoms with Gasteiger partial charge in [-0.3, -0.25) is 4.79 Å². The van der Waals surface area contributed by atoms with Gasteiger partial charge in [-0.15, -0.1) is 68.5 Å². The van der Waals surface area contributed by atoms with Crippen LogP contribution in [0.4, 0.5) is 19.2 Å². The molecular formula is C60H90BBr2Cl2N6O10S5. The second-order valence-electron chi connectivity index (χ2n) is 23.8. The van der Waals surface area contributed by atoms with Gasteiger partial charge in [-0.25, -0.2) is 19.2 Å². The number of hydrogen-bond donors (Lipinski definition) is 2. The number of ether oxygens (including phenoxy) is 4. The van der Waals surface area contributed by atoms with E-state index in [0.717, 1.165) is 56.7 Å². The number of thiophene rings is 4. The van der Waals surface area contributed by atoms with E-state index in [4.69, 9.17) is 47.4 Å². The van der Waals surface area contributed by atoms with Crippen LogP contribution in [-0.2, 0) is 29.3 Å². The zero-order valence-corrected chi connectivity index (χ0v) is 61.1. The average Bonchev–Trinajstić information content (AvgIpc) is 2.66. The van der Waals surface area contributed by atoms with Gasteiger partial charge in [0.05, 0.1) is 13.6 Å². The quantitative estimate of drug-likeness (QED) is 0.0855. The molecule has 8 heterocycles. The predicted molar refractivity (Wildman–Crippen MR) is 365 cm³/mol. The molecule has 0 saturated carbocycles. The fourth-order valence-electron chi connectivity index (χ4n) is 8.12. The summed E-state index contributed by atoms with van der Waals surface area (Å²) in [6.07, 6.45) is 5.20. The molecule has 4 saturated heterocycles. The second kappa shape index (κ2) is 41.2. The molecule has 86 heavy (non-hydrogen) atoms. The first-order valence-corrected chi connectivity index (χ1v) is 34.8. The molecule has 4 aliphatic rings. The minimum absolute atomic E-state index is 0.174. The van der Waals surface area contributed by atoms with Crippen molar-refractivity contribution in [3.8, 4) is 6.07 Å². The summed E-state index contributed by atoms with van der Waals surface area (Å²) >= 11 is 27.0. The first kappa shape index (κ1) is 80.8. The van der Waals surface area contributed by atoms with Crippen molar-refractivity contribution in [2.45, 2.75) is 181 Å². The van der Waals surface area contributed by atoms with Crippen molar-refractivity contribution < 1.29 is 48.0 Å². The summed E-state index contributed by atoms with van der Waals surface area (Å²) in [6, 6.07) is 18.2. The molecule has 0 aromatic carbocycles. The molecule has 481 valence electrons. The van der Waals surface area contributed by atoms with Gasteiger partial charge in [-0.1, -0.05) is 18.2 Å². The monoisotopic (exact) mass is 1450 g/mol. The molecule has 0 aliphatic carbocycles. The van der Waals surface area contributed by atoms with Crippen LogP contribution in [-0.4, -0.2) is 149 Å². The number of hydrogen-bond acceptors (Lipinski definition) is 17. The molecule has 4 fully saturated rings. The number of rotatable bonds is 4. The number of likely N-dealkylation sites (tertiary alicyclic amines) is 4. The van der Waals surface area contributed by atoms with Gasteiger partial charge in [0.25, 0.3) is 0 Å². The van der Waals surface area contributed by atoms with Gasteiger partial charge in [0.15, 0.2) is 0 Å². The number of amides is 4. The molecule has 0 spiro atoms. The summed E-state index contributed by atoms with van der Waals surface area (Å²) in [4.78, 5) is 69.0. The zero-order valence-electron chi connectivity index (χ0n) is 52.2. The Bertz CT molecular complexity index is 2570. The molecule has 4 aromatic heterocycles. The number of ketones is 1. The van der Waals surface area contributed by atoms with Crippen LogP contribution in [0, 0.1) is 11.3 Å². The number of nitriles is 1. The van der Waals surface area contributed by atoms with E-state index in [1.165, 1.54) is 24.3 Å². The second-order valence-corrected chi connectivity index (χ2v) is 31.5. The third-order valence-corrected chi connectivity index (χ3v) is 17.9. The molecule has 4 aliphatic heterocycles. The molecule has 1 radical (unpaired) electrons. The number of Topliss-reactive ketones (excluding diaryl/α,β-unsaturated/α-hetero) is 1. The van der Waals surface area contributed by atoms with Crippen LogP contribution >= 0.6 is 113 Å². The van der Waals surface area contributed by atoms with E-state index < -0.39 is 28.0 Å². The number of alkyl halides is 2. The van der Waals surface area contributed by atoms with Gasteiger partial charge in [0.2, 0.25) is 0 Å². The summed E-state index contributed by atoms with van der Waals surface area (Å²) in [5.74, 6) is 2.53. The van der Waals surface area contributed by atoms with Crippen LogP contribution in [0.5, 0.6) is 0 Å². The Labute approximate surface area is 561 Å². The van der Waals surface area contributed by atoms with Gasteiger partial charge in [0, 0.05) is 98.5 Å². The van der Waals surface area contributed by atoms with Crippen LogP contribution in [0.15, 0.2) is 76.5 Å². The van der Waals surface area contributed by atoms with Crippen LogP contribution in [0.3, 0.4) is 0 Å². The Kier molecular flexibility index (Phi) is 38.7. The van der Waals surface area contributed by atoms with Gasteiger partial charge >= 0.3 is 49.1 Å². The molecule has 0 bridgehead atoms. The predicted octanol–water partition coefficient (Wildman–Crippen LogP) is 17.7. The molecule has 4 aromatic rings. The summed E-state index contributed by atoms with van der Waals surface area (Å²) in [6.45, 7) is 29.2. The Morgan fingerprint density at radius 1 is 0.616 bits per heavy atom. The first-order valence-electron chi connectivity index (χ1n) is 28.3. The first-order chi connectivity index (χ1) is 40.1. The number of piperidine rings is 4. The number of carbonyl (C=O) groups is 5. The number of aliphatic hydroxyl groups is 1. The Hall–Kier alpha value is -3.25. The number of nitrogens with zero attached hydrogens (tertiary/aromatic N) is 6. The van der Waals surface area contributed by atoms with Gasteiger partial charge in [0.1, 0.15) is 33.8 Å². The number of carbonyl (C=O) groups excluding carboxylic acids is 5. The SMILES string of the molecule is Brc1cccs1.CC#N.CC(C)(C)OC(=O)N1CCC(=O)CC1.CC(C)(C)OC(=O)N1CCC(O)(c2cccs2)CC1.CC(C)(C)OC(=O)N1CCC(c2ccc(Br)s2)CC1.CC(C)(C)OC(=O)N1CCC(c2cccs2)CC1.ClCCCl.[B]=NS. The van der Waals surface area contributed by atoms with Gasteiger partial charge in [-0.05, 0) is 212 Å². The topological polar surface area (TPSA) is 192 Å². The van der Waals surface area contributed by atoms with Gasteiger partial charge < -0.3 is 43.7 Å². The summed E-state index contributed by atoms with van der Waals surface area (Å²) in [7, 11) is 4.34. The molecule has 4 amide bonds. The molecular weight excluding hydrogens is 1370 g/mol. The fraction of sp³-hybridized carbons (Fsp3) is 0.633. The molecule has 8 rings (SSSR count). The molecule has 0 unspecified atom stereocenters. The molecule has 1 N–H and O–H groups in total. The number of halogens is 4. The summed E-state index contributed by atoms with van der Waals surface area (Å²) < 4.78 is 26.4. The van der Waals surface area contributed by atoms with E-state index in [-0.39, 0.29) is 30.2 Å². The van der Waals surface area contributed by atoms with Crippen molar-refractivity contribution >= 4 is 151 Å². The third kappa shape index (κ3) is 35.8. The number of thiol groups is 1. The van der Waals surface area contributed by atoms with E-state index in [1.54, 1.807) is 49.9 Å². The van der Waals surface area contributed by atoms with Gasteiger partial charge in [-0.2, -0.15) is 5.26 Å². The van der Waals surface area contributed by atoms with Crippen molar-refractivity contribution in [1.82, 2.24) is 19.6 Å². The van der Waals surface area contributed by atoms with E-state index >= 15 is 0 Å². The summed E-state index contributed by atoms with van der Waals surface area (Å²) in [5.41, 5.74) is -2.53. The molecule has 26 heteroatoms. The third-order valence-electron chi connectivity index (χ3n) is 12.0. The van der Waals surface area contributed by atoms with Crippen molar-refractivity contribution in [3.05, 3.63) is 86.9 Å². The Morgan fingerprint density at radius 3 is 1.26 bits per heavy atom. The van der Waals surface area contributed by atoms with E-state index in [0.29, 0.717) is 75.5 Å². The van der Waals surface area contributed by atoms with Crippen molar-refractivity contribution in [2.24, 2.45) is 4.30 Å². The molecule has 0 atom stereocenters. The summed E-state index contributed by atoms with van der Waals surface area (Å²) in [5, 5.41) is 24.0. The van der Waals surface area contributed by atoms with Crippen LogP contribution in [0.25, 0.3) is 0 Å². The average molecular weight is 1460 g/mol. The van der Waals surface area contributed by atoms with Crippen molar-refractivity contribution in [3.63, 3.8) is 0 Å². The maximum absolute atomic E-state index is 12.0. The Morgan fingerprint density at radius 2 is 0.965 bits per heavy atom. The Balaban J connectivity index is 0.000000529. The van der Waals surface area contributed by atoms with Crippen molar-refractivity contribution in [1.29, 1.82) is 5.26 Å². The van der Waals surface area contributed by atoms with E-state index in [9.17, 15) is 29.1 Å².